The summed E-state index contributed by atoms with van der Waals surface area (Å²) in [5.41, 5.74) is 0.429. The van der Waals surface area contributed by atoms with E-state index in [4.69, 9.17) is 0 Å². The number of rotatable bonds is 3. The van der Waals surface area contributed by atoms with E-state index in [1.807, 2.05) is 0 Å². The highest BCUT2D eigenvalue weighted by atomic mass is 16.6. The molecule has 96 valence electrons. The average Bonchev–Trinajstić information content (AvgIpc) is 2.38. The average molecular weight is 258 g/mol. The Hall–Kier alpha value is -2.76. The van der Waals surface area contributed by atoms with Crippen LogP contribution in [0.3, 0.4) is 0 Å². The van der Waals surface area contributed by atoms with Crippen LogP contribution in [0.15, 0.2) is 42.5 Å². The SMILES string of the molecule is Cc1ccc([N+](=O)[O-])c(-c2ccccc2)c1[N+](=O)[O-]. The summed E-state index contributed by atoms with van der Waals surface area (Å²) in [4.78, 5) is 21.1. The minimum absolute atomic E-state index is 0.0515. The second kappa shape index (κ2) is 4.85. The largest absolute Gasteiger partial charge is 0.287 e. The van der Waals surface area contributed by atoms with Gasteiger partial charge in [-0.15, -0.1) is 0 Å². The van der Waals surface area contributed by atoms with Crippen LogP contribution in [0.1, 0.15) is 5.56 Å². The second-order valence-electron chi connectivity index (χ2n) is 4.01. The zero-order valence-corrected chi connectivity index (χ0v) is 10.1. The smallest absolute Gasteiger partial charge is 0.258 e. The number of nitrogens with zero attached hydrogens (tertiary/aromatic N) is 2. The van der Waals surface area contributed by atoms with Crippen molar-refractivity contribution in [1.82, 2.24) is 0 Å². The van der Waals surface area contributed by atoms with Crippen LogP contribution in [0.2, 0.25) is 0 Å². The van der Waals surface area contributed by atoms with Crippen LogP contribution < -0.4 is 0 Å². The van der Waals surface area contributed by atoms with Gasteiger partial charge in [-0.05, 0) is 18.6 Å². The Balaban J connectivity index is 2.85. The van der Waals surface area contributed by atoms with Gasteiger partial charge in [-0.1, -0.05) is 30.3 Å². The minimum Gasteiger partial charge on any atom is -0.258 e. The van der Waals surface area contributed by atoms with Gasteiger partial charge >= 0.3 is 0 Å². The van der Waals surface area contributed by atoms with E-state index in [0.717, 1.165) is 0 Å². The molecule has 0 saturated heterocycles. The van der Waals surface area contributed by atoms with Crippen molar-refractivity contribution in [1.29, 1.82) is 0 Å². The maximum atomic E-state index is 11.2. The van der Waals surface area contributed by atoms with E-state index in [-0.39, 0.29) is 16.9 Å². The molecule has 0 atom stereocenters. The van der Waals surface area contributed by atoms with Crippen LogP contribution in [0, 0.1) is 27.2 Å². The van der Waals surface area contributed by atoms with Gasteiger partial charge in [0.15, 0.2) is 0 Å². The Morgan fingerprint density at radius 1 is 0.895 bits per heavy atom. The van der Waals surface area contributed by atoms with E-state index < -0.39 is 9.85 Å². The van der Waals surface area contributed by atoms with E-state index in [9.17, 15) is 20.2 Å². The van der Waals surface area contributed by atoms with E-state index in [1.165, 1.54) is 12.1 Å². The third kappa shape index (κ3) is 2.28. The van der Waals surface area contributed by atoms with Crippen molar-refractivity contribution in [3.8, 4) is 11.1 Å². The van der Waals surface area contributed by atoms with E-state index >= 15 is 0 Å². The predicted octanol–water partition coefficient (Wildman–Crippen LogP) is 3.48. The van der Waals surface area contributed by atoms with Gasteiger partial charge in [-0.2, -0.15) is 0 Å². The monoisotopic (exact) mass is 258 g/mol. The van der Waals surface area contributed by atoms with Gasteiger partial charge in [0.25, 0.3) is 11.4 Å². The van der Waals surface area contributed by atoms with Crippen LogP contribution in [0.4, 0.5) is 11.4 Å². The molecule has 0 unspecified atom stereocenters. The van der Waals surface area contributed by atoms with Crippen molar-refractivity contribution >= 4 is 11.4 Å². The molecule has 2 aromatic rings. The van der Waals surface area contributed by atoms with Gasteiger partial charge in [-0.3, -0.25) is 20.2 Å². The van der Waals surface area contributed by atoms with Gasteiger partial charge in [0.05, 0.1) is 9.85 Å². The van der Waals surface area contributed by atoms with Crippen LogP contribution in [0.5, 0.6) is 0 Å². The Bertz CT molecular complexity index is 653. The van der Waals surface area contributed by atoms with Crippen LogP contribution in [-0.2, 0) is 0 Å². The summed E-state index contributed by atoms with van der Waals surface area (Å²) in [6.07, 6.45) is 0. The van der Waals surface area contributed by atoms with E-state index in [2.05, 4.69) is 0 Å². The third-order valence-corrected chi connectivity index (χ3v) is 2.80. The Morgan fingerprint density at radius 2 is 1.53 bits per heavy atom. The van der Waals surface area contributed by atoms with Gasteiger partial charge in [-0.25, -0.2) is 0 Å². The highest BCUT2D eigenvalue weighted by molar-refractivity contribution is 5.83. The molecule has 0 N–H and O–H groups in total. The first-order valence-electron chi connectivity index (χ1n) is 5.50. The zero-order chi connectivity index (χ0) is 14.0. The van der Waals surface area contributed by atoms with Crippen molar-refractivity contribution < 1.29 is 9.85 Å². The highest BCUT2D eigenvalue weighted by Crippen LogP contribution is 2.39. The first kappa shape index (κ1) is 12.7. The van der Waals surface area contributed by atoms with Crippen molar-refractivity contribution in [2.24, 2.45) is 0 Å². The summed E-state index contributed by atoms with van der Waals surface area (Å²) in [5.74, 6) is 0. The molecule has 6 nitrogen and oxygen atoms in total. The first-order chi connectivity index (χ1) is 9.02. The van der Waals surface area contributed by atoms with Gasteiger partial charge < -0.3 is 0 Å². The Morgan fingerprint density at radius 3 is 2.05 bits per heavy atom. The molecule has 0 amide bonds. The molecule has 19 heavy (non-hydrogen) atoms. The molecular weight excluding hydrogens is 248 g/mol. The topological polar surface area (TPSA) is 86.3 Å². The van der Waals surface area contributed by atoms with Gasteiger partial charge in [0.1, 0.15) is 5.56 Å². The third-order valence-electron chi connectivity index (χ3n) is 2.80. The Labute approximate surface area is 108 Å². The lowest BCUT2D eigenvalue weighted by Crippen LogP contribution is -2.00. The molecule has 0 fully saturated rings. The summed E-state index contributed by atoms with van der Waals surface area (Å²) in [6.45, 7) is 1.56. The summed E-state index contributed by atoms with van der Waals surface area (Å²) in [6, 6.07) is 11.0. The highest BCUT2D eigenvalue weighted by Gasteiger charge is 2.28. The molecule has 0 radical (unpaired) electrons. The molecule has 0 spiro atoms. The lowest BCUT2D eigenvalue weighted by atomic mass is 9.99. The standard InChI is InChI=1S/C13H10N2O4/c1-9-7-8-11(14(16)17)12(13(9)15(18)19)10-5-3-2-4-6-10/h2-8H,1H3. The lowest BCUT2D eigenvalue weighted by Gasteiger charge is -2.06. The fraction of sp³-hybridized carbons (Fsp3) is 0.0769. The molecule has 0 bridgehead atoms. The van der Waals surface area contributed by atoms with Crippen molar-refractivity contribution in [2.75, 3.05) is 0 Å². The molecule has 0 aliphatic carbocycles. The normalized spacial score (nSPS) is 10.2. The Kier molecular flexibility index (Phi) is 3.24. The number of hydrogen-bond acceptors (Lipinski definition) is 4. The van der Waals surface area contributed by atoms with Crippen molar-refractivity contribution in [3.05, 3.63) is 68.3 Å². The molecule has 2 aromatic carbocycles. The molecule has 0 saturated carbocycles. The maximum absolute atomic E-state index is 11.2. The fourth-order valence-corrected chi connectivity index (χ4v) is 1.96. The summed E-state index contributed by atoms with van der Waals surface area (Å²) >= 11 is 0. The molecule has 0 heterocycles. The van der Waals surface area contributed by atoms with Gasteiger partial charge in [0.2, 0.25) is 0 Å². The number of nitro groups is 2. The first-order valence-corrected chi connectivity index (χ1v) is 5.50. The zero-order valence-electron chi connectivity index (χ0n) is 10.1. The van der Waals surface area contributed by atoms with Crippen LogP contribution in [-0.4, -0.2) is 9.85 Å². The summed E-state index contributed by atoms with van der Waals surface area (Å²) in [7, 11) is 0. The number of benzene rings is 2. The summed E-state index contributed by atoms with van der Waals surface area (Å²) < 4.78 is 0. The molecule has 0 aliphatic rings. The quantitative estimate of drug-likeness (QED) is 0.622. The van der Waals surface area contributed by atoms with E-state index in [0.29, 0.717) is 11.1 Å². The number of aryl methyl sites for hydroxylation is 1. The molecule has 6 heteroatoms. The fourth-order valence-electron chi connectivity index (χ4n) is 1.96. The van der Waals surface area contributed by atoms with Crippen molar-refractivity contribution in [2.45, 2.75) is 6.92 Å². The van der Waals surface area contributed by atoms with Crippen LogP contribution >= 0.6 is 0 Å². The maximum Gasteiger partial charge on any atom is 0.287 e. The second-order valence-corrected chi connectivity index (χ2v) is 4.01. The number of hydrogen-bond donors (Lipinski definition) is 0. The minimum atomic E-state index is -0.602. The summed E-state index contributed by atoms with van der Waals surface area (Å²) in [5, 5.41) is 22.2. The molecule has 0 aromatic heterocycles. The van der Waals surface area contributed by atoms with Gasteiger partial charge in [0, 0.05) is 11.6 Å². The lowest BCUT2D eigenvalue weighted by molar-refractivity contribution is -0.393. The molecule has 0 aliphatic heterocycles. The predicted molar refractivity (Wildman–Crippen MR) is 69.9 cm³/mol. The van der Waals surface area contributed by atoms with E-state index in [1.54, 1.807) is 37.3 Å². The number of nitro benzene ring substituents is 2. The molecule has 2 rings (SSSR count). The molecular formula is C13H10N2O4. The van der Waals surface area contributed by atoms with Crippen molar-refractivity contribution in [3.63, 3.8) is 0 Å². The van der Waals surface area contributed by atoms with Crippen LogP contribution in [0.25, 0.3) is 11.1 Å².